The Labute approximate surface area is 115 Å². The predicted molar refractivity (Wildman–Crippen MR) is 71.4 cm³/mol. The topological polar surface area (TPSA) is 94.9 Å². The maximum Gasteiger partial charge on any atom is 0.275 e. The van der Waals surface area contributed by atoms with Gasteiger partial charge < -0.3 is 5.73 Å². The van der Waals surface area contributed by atoms with Gasteiger partial charge >= 0.3 is 0 Å². The number of halogens is 1. The van der Waals surface area contributed by atoms with Crippen molar-refractivity contribution in [3.05, 3.63) is 45.0 Å². The molecule has 2 aromatic heterocycles. The smallest absolute Gasteiger partial charge is 0.275 e. The molecule has 0 aliphatic rings. The van der Waals surface area contributed by atoms with Crippen LogP contribution in [0, 0.1) is 10.1 Å². The first-order chi connectivity index (χ1) is 8.56. The van der Waals surface area contributed by atoms with Crippen molar-refractivity contribution in [3.8, 4) is 0 Å². The van der Waals surface area contributed by atoms with Crippen LogP contribution in [-0.2, 0) is 0 Å². The molecule has 2 N–H and O–H groups in total. The lowest BCUT2D eigenvalue weighted by atomic mass is 10.4. The molecule has 0 aliphatic carbocycles. The van der Waals surface area contributed by atoms with E-state index in [0.717, 1.165) is 4.47 Å². The summed E-state index contributed by atoms with van der Waals surface area (Å²) in [5.41, 5.74) is 5.44. The Hall–Kier alpha value is -1.67. The molecule has 0 fully saturated rings. The fraction of sp³-hybridized carbons (Fsp3) is 0. The average Bonchev–Trinajstić information content (AvgIpc) is 2.31. The van der Waals surface area contributed by atoms with Gasteiger partial charge in [0.25, 0.3) is 5.69 Å². The van der Waals surface area contributed by atoms with Gasteiger partial charge in [-0.1, -0.05) is 0 Å². The van der Waals surface area contributed by atoms with Gasteiger partial charge in [0.1, 0.15) is 15.9 Å². The van der Waals surface area contributed by atoms with E-state index in [0.29, 0.717) is 10.1 Å². The Morgan fingerprint density at radius 3 is 2.89 bits per heavy atom. The molecular formula is C10H7BrN4O2S. The Kier molecular flexibility index (Phi) is 3.78. The van der Waals surface area contributed by atoms with Crippen LogP contribution in [-0.4, -0.2) is 14.9 Å². The zero-order valence-corrected chi connectivity index (χ0v) is 11.3. The lowest BCUT2D eigenvalue weighted by Gasteiger charge is -2.03. The molecule has 92 valence electrons. The van der Waals surface area contributed by atoms with E-state index in [1.165, 1.54) is 23.9 Å². The summed E-state index contributed by atoms with van der Waals surface area (Å²) in [5.74, 6) is 0.110. The molecule has 0 radical (unpaired) electrons. The molecule has 0 saturated heterocycles. The lowest BCUT2D eigenvalue weighted by Crippen LogP contribution is -1.96. The van der Waals surface area contributed by atoms with E-state index in [1.807, 2.05) is 6.07 Å². The number of pyridine rings is 2. The Balaban J connectivity index is 2.35. The Bertz CT molecular complexity index is 608. The van der Waals surface area contributed by atoms with Crippen LogP contribution in [0.1, 0.15) is 0 Å². The van der Waals surface area contributed by atoms with E-state index >= 15 is 0 Å². The summed E-state index contributed by atoms with van der Waals surface area (Å²) in [6.07, 6.45) is 1.63. The van der Waals surface area contributed by atoms with Crippen LogP contribution in [0.2, 0.25) is 0 Å². The van der Waals surface area contributed by atoms with Gasteiger partial charge in [-0.3, -0.25) is 10.1 Å². The number of nitrogens with zero attached hydrogens (tertiary/aromatic N) is 3. The molecule has 0 amide bonds. The van der Waals surface area contributed by atoms with Crippen molar-refractivity contribution in [2.45, 2.75) is 10.1 Å². The van der Waals surface area contributed by atoms with E-state index in [1.54, 1.807) is 12.3 Å². The monoisotopic (exact) mass is 326 g/mol. The van der Waals surface area contributed by atoms with Crippen molar-refractivity contribution in [2.24, 2.45) is 0 Å². The number of aromatic nitrogens is 2. The first-order valence-electron chi connectivity index (χ1n) is 4.76. The van der Waals surface area contributed by atoms with Crippen molar-refractivity contribution in [2.75, 3.05) is 5.73 Å². The summed E-state index contributed by atoms with van der Waals surface area (Å²) in [7, 11) is 0. The van der Waals surface area contributed by atoms with Gasteiger partial charge in [-0.25, -0.2) is 9.97 Å². The van der Waals surface area contributed by atoms with Crippen molar-refractivity contribution in [1.82, 2.24) is 9.97 Å². The second-order valence-electron chi connectivity index (χ2n) is 3.24. The molecule has 2 aromatic rings. The second-order valence-corrected chi connectivity index (χ2v) is 5.10. The molecule has 0 saturated carbocycles. The molecule has 6 nitrogen and oxygen atoms in total. The molecule has 0 atom stereocenters. The fourth-order valence-electron chi connectivity index (χ4n) is 1.21. The highest BCUT2D eigenvalue weighted by Gasteiger charge is 2.12. The normalized spacial score (nSPS) is 10.3. The molecule has 2 heterocycles. The number of nitrogens with two attached hydrogens (primary N) is 1. The highest BCUT2D eigenvalue weighted by molar-refractivity contribution is 9.10. The van der Waals surface area contributed by atoms with E-state index in [4.69, 9.17) is 5.73 Å². The molecule has 8 heteroatoms. The Morgan fingerprint density at radius 2 is 2.22 bits per heavy atom. The molecule has 0 aliphatic heterocycles. The van der Waals surface area contributed by atoms with Crippen LogP contribution >= 0.6 is 27.7 Å². The number of nitrogen functional groups attached to an aromatic ring is 1. The lowest BCUT2D eigenvalue weighted by molar-refractivity contribution is -0.385. The molecule has 0 aromatic carbocycles. The molecular weight excluding hydrogens is 320 g/mol. The number of anilines is 1. The summed E-state index contributed by atoms with van der Waals surface area (Å²) in [5, 5.41) is 11.8. The predicted octanol–water partition coefficient (Wildman–Crippen LogP) is 2.88. The minimum atomic E-state index is -0.504. The zero-order valence-electron chi connectivity index (χ0n) is 8.91. The van der Waals surface area contributed by atoms with Crippen LogP contribution in [0.25, 0.3) is 0 Å². The summed E-state index contributed by atoms with van der Waals surface area (Å²) in [6.45, 7) is 0. The first kappa shape index (κ1) is 12.8. The third kappa shape index (κ3) is 2.96. The molecule has 0 spiro atoms. The highest BCUT2D eigenvalue weighted by atomic mass is 79.9. The zero-order chi connectivity index (χ0) is 13.1. The fourth-order valence-corrected chi connectivity index (χ4v) is 2.52. The van der Waals surface area contributed by atoms with E-state index < -0.39 is 4.92 Å². The van der Waals surface area contributed by atoms with Crippen LogP contribution < -0.4 is 5.73 Å². The van der Waals surface area contributed by atoms with Gasteiger partial charge in [0.2, 0.25) is 0 Å². The molecule has 0 unspecified atom stereocenters. The maximum absolute atomic E-state index is 10.7. The summed E-state index contributed by atoms with van der Waals surface area (Å²) < 4.78 is 0.793. The maximum atomic E-state index is 10.7. The third-order valence-corrected chi connectivity index (χ3v) is 3.78. The summed E-state index contributed by atoms with van der Waals surface area (Å²) >= 11 is 4.55. The van der Waals surface area contributed by atoms with Crippen LogP contribution in [0.15, 0.2) is 45.0 Å². The van der Waals surface area contributed by atoms with Gasteiger partial charge in [-0.2, -0.15) is 0 Å². The van der Waals surface area contributed by atoms with Gasteiger partial charge in [-0.15, -0.1) is 0 Å². The van der Waals surface area contributed by atoms with Crippen molar-refractivity contribution in [1.29, 1.82) is 0 Å². The number of nitro groups is 1. The minimum Gasteiger partial charge on any atom is -0.383 e. The SMILES string of the molecule is Nc1cc([N+](=O)[O-])cc(Sc2ncccc2Br)n1. The summed E-state index contributed by atoms with van der Waals surface area (Å²) in [4.78, 5) is 18.4. The third-order valence-electron chi connectivity index (χ3n) is 1.94. The van der Waals surface area contributed by atoms with Crippen LogP contribution in [0.4, 0.5) is 11.5 Å². The standard InChI is InChI=1S/C10H7BrN4O2S/c11-7-2-1-3-13-10(7)18-9-5-6(15(16)17)4-8(12)14-9/h1-5H,(H2,12,14). The van der Waals surface area contributed by atoms with Crippen LogP contribution in [0.5, 0.6) is 0 Å². The Morgan fingerprint density at radius 1 is 1.44 bits per heavy atom. The first-order valence-corrected chi connectivity index (χ1v) is 6.37. The molecule has 2 rings (SSSR count). The van der Waals surface area contributed by atoms with Gasteiger partial charge in [-0.05, 0) is 39.8 Å². The minimum absolute atomic E-state index is 0.0861. The number of rotatable bonds is 3. The van der Waals surface area contributed by atoms with Crippen LogP contribution in [0.3, 0.4) is 0 Å². The van der Waals surface area contributed by atoms with Gasteiger partial charge in [0, 0.05) is 12.3 Å². The van der Waals surface area contributed by atoms with Crippen molar-refractivity contribution in [3.63, 3.8) is 0 Å². The molecule has 0 bridgehead atoms. The average molecular weight is 327 g/mol. The van der Waals surface area contributed by atoms with Gasteiger partial charge in [0.15, 0.2) is 0 Å². The second kappa shape index (κ2) is 5.32. The molecule has 18 heavy (non-hydrogen) atoms. The largest absolute Gasteiger partial charge is 0.383 e. The van der Waals surface area contributed by atoms with E-state index in [9.17, 15) is 10.1 Å². The highest BCUT2D eigenvalue weighted by Crippen LogP contribution is 2.32. The quantitative estimate of drug-likeness (QED) is 0.688. The number of hydrogen-bond donors (Lipinski definition) is 1. The van der Waals surface area contributed by atoms with Crippen molar-refractivity contribution < 1.29 is 4.92 Å². The van der Waals surface area contributed by atoms with Gasteiger partial charge in [0.05, 0.1) is 15.5 Å². The van der Waals surface area contributed by atoms with E-state index in [2.05, 4.69) is 25.9 Å². The van der Waals surface area contributed by atoms with Crippen molar-refractivity contribution >= 4 is 39.2 Å². The van der Waals surface area contributed by atoms with E-state index in [-0.39, 0.29) is 11.5 Å². The number of hydrogen-bond acceptors (Lipinski definition) is 6. The summed E-state index contributed by atoms with van der Waals surface area (Å²) in [6, 6.07) is 6.19.